The molecule has 0 spiro atoms. The van der Waals surface area contributed by atoms with E-state index in [2.05, 4.69) is 22.0 Å². The summed E-state index contributed by atoms with van der Waals surface area (Å²) in [6, 6.07) is 5.91. The van der Waals surface area contributed by atoms with Gasteiger partial charge in [0.05, 0.1) is 6.61 Å². The van der Waals surface area contributed by atoms with Gasteiger partial charge in [-0.1, -0.05) is 30.4 Å². The van der Waals surface area contributed by atoms with Gasteiger partial charge < -0.3 is 14.2 Å². The fourth-order valence-electron chi connectivity index (χ4n) is 2.34. The van der Waals surface area contributed by atoms with Crippen molar-refractivity contribution >= 4 is 28.0 Å². The third-order valence-corrected chi connectivity index (χ3v) is 4.53. The highest BCUT2D eigenvalue weighted by Crippen LogP contribution is 2.24. The maximum atomic E-state index is 10.9. The van der Waals surface area contributed by atoms with E-state index in [1.54, 1.807) is 0 Å². The Kier molecular flexibility index (Phi) is 7.79. The smallest absolute Gasteiger partial charge is 0.302 e. The third kappa shape index (κ3) is 6.45. The lowest BCUT2D eigenvalue weighted by molar-refractivity contribution is -0.161. The van der Waals surface area contributed by atoms with Crippen molar-refractivity contribution < 1.29 is 19.0 Å². The molecule has 1 aliphatic rings. The Morgan fingerprint density at radius 2 is 2.30 bits per heavy atom. The predicted octanol–water partition coefficient (Wildman–Crippen LogP) is 4.46. The van der Waals surface area contributed by atoms with Crippen LogP contribution in [-0.2, 0) is 25.6 Å². The predicted molar refractivity (Wildman–Crippen MR) is 92.8 cm³/mol. The van der Waals surface area contributed by atoms with E-state index in [0.717, 1.165) is 41.5 Å². The third-order valence-electron chi connectivity index (χ3n) is 3.56. The molecule has 0 radical (unpaired) electrons. The summed E-state index contributed by atoms with van der Waals surface area (Å²) in [5.41, 5.74) is 2.01. The number of hydrogen-bond donors (Lipinski definition) is 0. The molecule has 2 rings (SSSR count). The molecule has 1 saturated heterocycles. The van der Waals surface area contributed by atoms with E-state index in [-0.39, 0.29) is 18.9 Å². The largest absolute Gasteiger partial charge is 0.461 e. The van der Waals surface area contributed by atoms with Gasteiger partial charge in [-0.25, -0.2) is 0 Å². The van der Waals surface area contributed by atoms with Gasteiger partial charge >= 0.3 is 5.97 Å². The Hall–Kier alpha value is -1.17. The second kappa shape index (κ2) is 9.85. The normalized spacial score (nSPS) is 18.3. The monoisotopic (exact) mass is 382 g/mol. The molecule has 1 aromatic rings. The van der Waals surface area contributed by atoms with Crippen LogP contribution in [0.5, 0.6) is 0 Å². The van der Waals surface area contributed by atoms with Gasteiger partial charge in [-0.15, -0.1) is 0 Å². The van der Waals surface area contributed by atoms with Crippen molar-refractivity contribution in [2.75, 3.05) is 13.2 Å². The first-order valence-corrected chi connectivity index (χ1v) is 8.76. The maximum Gasteiger partial charge on any atom is 0.302 e. The molecule has 0 N–H and O–H groups in total. The van der Waals surface area contributed by atoms with Crippen molar-refractivity contribution in [1.29, 1.82) is 0 Å². The summed E-state index contributed by atoms with van der Waals surface area (Å²) in [7, 11) is 0. The second-order valence-electron chi connectivity index (χ2n) is 5.46. The summed E-state index contributed by atoms with van der Waals surface area (Å²) in [6.07, 6.45) is 8.25. The molecule has 5 heteroatoms. The van der Waals surface area contributed by atoms with E-state index in [1.807, 2.05) is 24.3 Å². The Balaban J connectivity index is 1.79. The van der Waals surface area contributed by atoms with Crippen molar-refractivity contribution in [3.05, 3.63) is 39.9 Å². The van der Waals surface area contributed by atoms with Crippen LogP contribution < -0.4 is 0 Å². The molecule has 23 heavy (non-hydrogen) atoms. The molecule has 0 aliphatic carbocycles. The first-order chi connectivity index (χ1) is 11.2. The van der Waals surface area contributed by atoms with E-state index < -0.39 is 0 Å². The van der Waals surface area contributed by atoms with Gasteiger partial charge in [-0.3, -0.25) is 4.79 Å². The molecule has 1 heterocycles. The van der Waals surface area contributed by atoms with E-state index in [9.17, 15) is 4.79 Å². The van der Waals surface area contributed by atoms with Gasteiger partial charge in [0.15, 0.2) is 6.29 Å². The van der Waals surface area contributed by atoms with Crippen LogP contribution >= 0.6 is 15.9 Å². The summed E-state index contributed by atoms with van der Waals surface area (Å²) >= 11 is 3.57. The highest BCUT2D eigenvalue weighted by molar-refractivity contribution is 9.10. The minimum absolute atomic E-state index is 0.0315. The van der Waals surface area contributed by atoms with E-state index in [4.69, 9.17) is 14.2 Å². The zero-order valence-corrected chi connectivity index (χ0v) is 15.0. The van der Waals surface area contributed by atoms with Crippen LogP contribution in [-0.4, -0.2) is 25.5 Å². The standard InChI is InChI=1S/C18H23BrO4/c1-14(20)23-13-16-9-6-8-15(18(16)19)7-2-4-11-21-17-10-3-5-12-22-17/h2,6-9,17H,3-5,10-13H2,1H3/b7-2+. The van der Waals surface area contributed by atoms with Gasteiger partial charge in [-0.05, 0) is 47.2 Å². The lowest BCUT2D eigenvalue weighted by Crippen LogP contribution is -2.22. The quantitative estimate of drug-likeness (QED) is 0.515. The average Bonchev–Trinajstić information content (AvgIpc) is 2.55. The van der Waals surface area contributed by atoms with Crippen LogP contribution in [0.3, 0.4) is 0 Å². The molecule has 1 atom stereocenters. The molecule has 126 valence electrons. The summed E-state index contributed by atoms with van der Waals surface area (Å²) in [5.74, 6) is -0.278. The summed E-state index contributed by atoms with van der Waals surface area (Å²) in [6.45, 7) is 3.15. The fourth-order valence-corrected chi connectivity index (χ4v) is 2.85. The Morgan fingerprint density at radius 3 is 3.04 bits per heavy atom. The fraction of sp³-hybridized carbons (Fsp3) is 0.500. The first-order valence-electron chi connectivity index (χ1n) is 7.97. The minimum atomic E-state index is -0.278. The first kappa shape index (κ1) is 18.2. The van der Waals surface area contributed by atoms with Crippen molar-refractivity contribution in [3.63, 3.8) is 0 Å². The van der Waals surface area contributed by atoms with Gasteiger partial charge in [0.25, 0.3) is 0 Å². The number of benzene rings is 1. The molecule has 0 aromatic heterocycles. The molecule has 4 nitrogen and oxygen atoms in total. The molecular formula is C18H23BrO4. The number of hydrogen-bond acceptors (Lipinski definition) is 4. The van der Waals surface area contributed by atoms with Crippen LogP contribution in [0, 0.1) is 0 Å². The topological polar surface area (TPSA) is 44.8 Å². The SMILES string of the molecule is CC(=O)OCc1cccc(/C=C/CCOC2CCCCO2)c1Br. The van der Waals surface area contributed by atoms with Gasteiger partial charge in [0.2, 0.25) is 0 Å². The van der Waals surface area contributed by atoms with Crippen LogP contribution in [0.25, 0.3) is 6.08 Å². The number of halogens is 1. The summed E-state index contributed by atoms with van der Waals surface area (Å²) in [4.78, 5) is 10.9. The Labute approximate surface area is 145 Å². The van der Waals surface area contributed by atoms with Crippen molar-refractivity contribution in [3.8, 4) is 0 Å². The van der Waals surface area contributed by atoms with E-state index in [1.165, 1.54) is 13.3 Å². The van der Waals surface area contributed by atoms with Crippen LogP contribution in [0.4, 0.5) is 0 Å². The molecular weight excluding hydrogens is 360 g/mol. The van der Waals surface area contributed by atoms with Gasteiger partial charge in [0.1, 0.15) is 6.61 Å². The maximum absolute atomic E-state index is 10.9. The molecule has 1 aromatic carbocycles. The number of ether oxygens (including phenoxy) is 3. The molecule has 1 unspecified atom stereocenters. The van der Waals surface area contributed by atoms with Crippen molar-refractivity contribution in [2.45, 2.75) is 45.5 Å². The number of carbonyl (C=O) groups excluding carboxylic acids is 1. The summed E-state index contributed by atoms with van der Waals surface area (Å²) < 4.78 is 17.2. The molecule has 1 fully saturated rings. The van der Waals surface area contributed by atoms with E-state index >= 15 is 0 Å². The molecule has 0 saturated carbocycles. The van der Waals surface area contributed by atoms with Crippen LogP contribution in [0.2, 0.25) is 0 Å². The molecule has 0 bridgehead atoms. The lowest BCUT2D eigenvalue weighted by Gasteiger charge is -2.22. The van der Waals surface area contributed by atoms with E-state index in [0.29, 0.717) is 6.61 Å². The molecule has 0 amide bonds. The van der Waals surface area contributed by atoms with Crippen molar-refractivity contribution in [1.82, 2.24) is 0 Å². The van der Waals surface area contributed by atoms with Gasteiger partial charge in [0, 0.05) is 23.6 Å². The zero-order valence-electron chi connectivity index (χ0n) is 13.4. The Bertz CT molecular complexity index is 536. The number of esters is 1. The average molecular weight is 383 g/mol. The second-order valence-corrected chi connectivity index (χ2v) is 6.25. The lowest BCUT2D eigenvalue weighted by atomic mass is 10.1. The molecule has 1 aliphatic heterocycles. The number of rotatable bonds is 7. The highest BCUT2D eigenvalue weighted by atomic mass is 79.9. The zero-order chi connectivity index (χ0) is 16.5. The number of carbonyl (C=O) groups is 1. The summed E-state index contributed by atoms with van der Waals surface area (Å²) in [5, 5.41) is 0. The highest BCUT2D eigenvalue weighted by Gasteiger charge is 2.13. The Morgan fingerprint density at radius 1 is 1.43 bits per heavy atom. The van der Waals surface area contributed by atoms with Crippen molar-refractivity contribution in [2.24, 2.45) is 0 Å². The van der Waals surface area contributed by atoms with Crippen LogP contribution in [0.1, 0.15) is 43.7 Å². The van der Waals surface area contributed by atoms with Gasteiger partial charge in [-0.2, -0.15) is 0 Å². The minimum Gasteiger partial charge on any atom is -0.461 e. The van der Waals surface area contributed by atoms with Crippen LogP contribution in [0.15, 0.2) is 28.7 Å².